The first-order valence-corrected chi connectivity index (χ1v) is 6.45. The molecule has 0 saturated heterocycles. The van der Waals surface area contributed by atoms with E-state index in [1.807, 2.05) is 26.1 Å². The molecule has 0 bridgehead atoms. The van der Waals surface area contributed by atoms with E-state index in [-0.39, 0.29) is 5.54 Å². The molecular weight excluding hydrogens is 224 g/mol. The van der Waals surface area contributed by atoms with Crippen molar-refractivity contribution in [1.82, 2.24) is 9.80 Å². The van der Waals surface area contributed by atoms with Gasteiger partial charge >= 0.3 is 0 Å². The Labute approximate surface area is 112 Å². The second-order valence-electron chi connectivity index (χ2n) is 5.83. The minimum Gasteiger partial charge on any atom is -0.403 e. The lowest BCUT2D eigenvalue weighted by molar-refractivity contribution is 0.161. The van der Waals surface area contributed by atoms with Gasteiger partial charge in [-0.05, 0) is 47.2 Å². The normalized spacial score (nSPS) is 14.2. The van der Waals surface area contributed by atoms with Crippen LogP contribution in [0.2, 0.25) is 0 Å². The summed E-state index contributed by atoms with van der Waals surface area (Å²) in [6, 6.07) is 0. The van der Waals surface area contributed by atoms with Gasteiger partial charge in [0.25, 0.3) is 0 Å². The molecule has 0 amide bonds. The van der Waals surface area contributed by atoms with E-state index >= 15 is 0 Å². The second kappa shape index (κ2) is 7.31. The lowest BCUT2D eigenvalue weighted by Crippen LogP contribution is -2.42. The van der Waals surface area contributed by atoms with E-state index in [0.29, 0.717) is 0 Å². The summed E-state index contributed by atoms with van der Waals surface area (Å²) >= 11 is 0. The molecule has 4 N–H and O–H groups in total. The lowest BCUT2D eigenvalue weighted by atomic mass is 10.1. The first kappa shape index (κ1) is 16.8. The number of nitrogens with two attached hydrogens (primary N) is 2. The van der Waals surface area contributed by atoms with E-state index in [1.54, 1.807) is 0 Å². The molecule has 0 unspecified atom stereocenters. The van der Waals surface area contributed by atoms with Crippen LogP contribution in [0.3, 0.4) is 0 Å². The molecule has 4 nitrogen and oxygen atoms in total. The van der Waals surface area contributed by atoms with Gasteiger partial charge < -0.3 is 16.4 Å². The van der Waals surface area contributed by atoms with Crippen molar-refractivity contribution in [2.45, 2.75) is 39.7 Å². The van der Waals surface area contributed by atoms with Crippen molar-refractivity contribution in [2.75, 3.05) is 27.2 Å². The first-order valence-electron chi connectivity index (χ1n) is 6.45. The van der Waals surface area contributed by atoms with E-state index in [1.165, 1.54) is 0 Å². The van der Waals surface area contributed by atoms with Crippen LogP contribution in [-0.4, -0.2) is 42.5 Å². The maximum atomic E-state index is 6.00. The summed E-state index contributed by atoms with van der Waals surface area (Å²) in [5.41, 5.74) is 12.6. The van der Waals surface area contributed by atoms with E-state index in [0.717, 1.165) is 31.0 Å². The Morgan fingerprint density at radius 1 is 1.06 bits per heavy atom. The Hall–Kier alpha value is -1.16. The second-order valence-corrected chi connectivity index (χ2v) is 5.83. The number of rotatable bonds is 6. The van der Waals surface area contributed by atoms with E-state index in [2.05, 4.69) is 37.6 Å². The largest absolute Gasteiger partial charge is 0.403 e. The molecule has 0 heterocycles. The highest BCUT2D eigenvalue weighted by molar-refractivity contribution is 5.02. The van der Waals surface area contributed by atoms with Gasteiger partial charge in [-0.15, -0.1) is 0 Å². The van der Waals surface area contributed by atoms with E-state index < -0.39 is 0 Å². The smallest absolute Gasteiger partial charge is 0.0946 e. The molecule has 0 aliphatic rings. The van der Waals surface area contributed by atoms with Crippen molar-refractivity contribution in [3.8, 4) is 0 Å². The van der Waals surface area contributed by atoms with Crippen LogP contribution in [0, 0.1) is 0 Å². The quantitative estimate of drug-likeness (QED) is 0.757. The third-order valence-corrected chi connectivity index (χ3v) is 3.12. The summed E-state index contributed by atoms with van der Waals surface area (Å²) in [5.74, 6) is 0.801. The molecule has 0 spiro atoms. The predicted octanol–water partition coefficient (Wildman–Crippen LogP) is 1.70. The third-order valence-electron chi connectivity index (χ3n) is 3.12. The Bertz CT molecular complexity index is 295. The zero-order valence-electron chi connectivity index (χ0n) is 12.8. The molecule has 0 atom stereocenters. The van der Waals surface area contributed by atoms with Crippen LogP contribution in [-0.2, 0) is 0 Å². The van der Waals surface area contributed by atoms with Gasteiger partial charge in [0.15, 0.2) is 0 Å². The van der Waals surface area contributed by atoms with E-state index in [4.69, 9.17) is 11.5 Å². The summed E-state index contributed by atoms with van der Waals surface area (Å²) < 4.78 is 0. The number of nitrogens with zero attached hydrogens (tertiary/aromatic N) is 2. The zero-order chi connectivity index (χ0) is 14.3. The number of hydrogen-bond acceptors (Lipinski definition) is 4. The average Bonchev–Trinajstić information content (AvgIpc) is 2.23. The summed E-state index contributed by atoms with van der Waals surface area (Å²) in [5, 5.41) is 0. The summed E-state index contributed by atoms with van der Waals surface area (Å²) in [6.45, 7) is 10.4. The molecular formula is C14H30N4. The molecule has 0 aliphatic heterocycles. The van der Waals surface area contributed by atoms with Gasteiger partial charge in [0.05, 0.1) is 5.82 Å². The van der Waals surface area contributed by atoms with Crippen molar-refractivity contribution >= 4 is 0 Å². The van der Waals surface area contributed by atoms with Crippen molar-refractivity contribution in [3.63, 3.8) is 0 Å². The topological polar surface area (TPSA) is 58.5 Å². The molecule has 0 radical (unpaired) electrons. The Kier molecular flexibility index (Phi) is 6.84. The molecule has 18 heavy (non-hydrogen) atoms. The van der Waals surface area contributed by atoms with Gasteiger partial charge in [-0.2, -0.15) is 0 Å². The highest BCUT2D eigenvalue weighted by atomic mass is 15.2. The van der Waals surface area contributed by atoms with Gasteiger partial charge in [-0.25, -0.2) is 0 Å². The van der Waals surface area contributed by atoms with Crippen LogP contribution in [0.25, 0.3) is 0 Å². The van der Waals surface area contributed by atoms with Crippen LogP contribution in [0.4, 0.5) is 0 Å². The zero-order valence-corrected chi connectivity index (χ0v) is 12.8. The Morgan fingerprint density at radius 3 is 2.06 bits per heavy atom. The molecule has 0 fully saturated rings. The molecule has 0 aliphatic carbocycles. The van der Waals surface area contributed by atoms with Crippen LogP contribution in [0.1, 0.15) is 34.1 Å². The minimum absolute atomic E-state index is 0.193. The average molecular weight is 254 g/mol. The number of allylic oxidation sites excluding steroid dienone is 3. The van der Waals surface area contributed by atoms with Crippen molar-refractivity contribution < 1.29 is 0 Å². The fourth-order valence-corrected chi connectivity index (χ4v) is 1.29. The summed E-state index contributed by atoms with van der Waals surface area (Å²) in [7, 11) is 4.15. The summed E-state index contributed by atoms with van der Waals surface area (Å²) in [4.78, 5) is 4.39. The molecule has 0 saturated carbocycles. The van der Waals surface area contributed by atoms with Gasteiger partial charge in [0.2, 0.25) is 0 Å². The summed E-state index contributed by atoms with van der Waals surface area (Å²) in [6.07, 6.45) is 4.74. The van der Waals surface area contributed by atoms with Crippen LogP contribution in [0.15, 0.2) is 23.7 Å². The fourth-order valence-electron chi connectivity index (χ4n) is 1.29. The monoisotopic (exact) mass is 254 g/mol. The van der Waals surface area contributed by atoms with Gasteiger partial charge in [0, 0.05) is 31.4 Å². The van der Waals surface area contributed by atoms with E-state index in [9.17, 15) is 0 Å². The molecule has 106 valence electrons. The SMILES string of the molecule is C/C(N)=C/C/C=C(\N)N(C)CCN(C)C(C)(C)C. The Balaban J connectivity index is 4.17. The molecule has 4 heteroatoms. The highest BCUT2D eigenvalue weighted by Gasteiger charge is 2.16. The van der Waals surface area contributed by atoms with Crippen LogP contribution in [0.5, 0.6) is 0 Å². The molecule has 0 aromatic rings. The first-order chi connectivity index (χ1) is 8.14. The Morgan fingerprint density at radius 2 is 1.61 bits per heavy atom. The van der Waals surface area contributed by atoms with Crippen molar-refractivity contribution in [2.24, 2.45) is 11.5 Å². The number of likely N-dealkylation sites (N-methyl/N-ethyl adjacent to an activating group) is 2. The fraction of sp³-hybridized carbons (Fsp3) is 0.714. The highest BCUT2D eigenvalue weighted by Crippen LogP contribution is 2.10. The van der Waals surface area contributed by atoms with Crippen LogP contribution >= 0.6 is 0 Å². The van der Waals surface area contributed by atoms with Crippen molar-refractivity contribution in [1.29, 1.82) is 0 Å². The van der Waals surface area contributed by atoms with Crippen LogP contribution < -0.4 is 11.5 Å². The van der Waals surface area contributed by atoms with Gasteiger partial charge in [-0.3, -0.25) is 4.90 Å². The van der Waals surface area contributed by atoms with Gasteiger partial charge in [-0.1, -0.05) is 6.08 Å². The predicted molar refractivity (Wildman–Crippen MR) is 79.8 cm³/mol. The number of hydrogen-bond donors (Lipinski definition) is 2. The molecule has 0 aromatic heterocycles. The van der Waals surface area contributed by atoms with Crippen molar-refractivity contribution in [3.05, 3.63) is 23.7 Å². The standard InChI is InChI=1S/C14H30N4/c1-12(15)8-7-9-13(16)17(5)10-11-18(6)14(2,3)4/h8-9H,7,10-11,15-16H2,1-6H3/b12-8-,13-9+. The maximum Gasteiger partial charge on any atom is 0.0946 e. The molecule has 0 rings (SSSR count). The maximum absolute atomic E-state index is 6.00. The third kappa shape index (κ3) is 7.22. The molecule has 0 aromatic carbocycles. The lowest BCUT2D eigenvalue weighted by Gasteiger charge is -2.33. The van der Waals surface area contributed by atoms with Gasteiger partial charge in [0.1, 0.15) is 0 Å². The minimum atomic E-state index is 0.193.